The van der Waals surface area contributed by atoms with Gasteiger partial charge in [0.1, 0.15) is 6.04 Å². The molecule has 0 spiro atoms. The Balaban J connectivity index is 2.00. The number of hydrogen-bond acceptors (Lipinski definition) is 4. The highest BCUT2D eigenvalue weighted by Crippen LogP contribution is 2.27. The third-order valence-electron chi connectivity index (χ3n) is 5.89. The summed E-state index contributed by atoms with van der Waals surface area (Å²) in [6.07, 6.45) is 0.203. The highest BCUT2D eigenvalue weighted by molar-refractivity contribution is 7.89. The van der Waals surface area contributed by atoms with Crippen LogP contribution in [0, 0.1) is 0 Å². The number of hydrogen-bond donors (Lipinski definition) is 1. The van der Waals surface area contributed by atoms with Gasteiger partial charge in [-0.3, -0.25) is 9.59 Å². The SMILES string of the molecule is CCNC(=O)C(Cc1ccccc1)N(Cc1c(Cl)cccc1Cl)C(=O)CN(C)S(=O)(=O)c1ccc(Cl)cc1. The van der Waals surface area contributed by atoms with Crippen LogP contribution in [0.2, 0.25) is 15.1 Å². The second kappa shape index (κ2) is 13.4. The van der Waals surface area contributed by atoms with Gasteiger partial charge in [-0.05, 0) is 48.9 Å². The van der Waals surface area contributed by atoms with Gasteiger partial charge in [-0.25, -0.2) is 8.42 Å². The Hall–Kier alpha value is -2.62. The van der Waals surface area contributed by atoms with Crippen molar-refractivity contribution in [2.45, 2.75) is 30.8 Å². The first-order valence-electron chi connectivity index (χ1n) is 11.8. The van der Waals surface area contributed by atoms with E-state index in [4.69, 9.17) is 34.8 Å². The van der Waals surface area contributed by atoms with E-state index in [1.807, 2.05) is 30.3 Å². The van der Waals surface area contributed by atoms with Gasteiger partial charge in [0.2, 0.25) is 21.8 Å². The van der Waals surface area contributed by atoms with Gasteiger partial charge in [-0.15, -0.1) is 0 Å². The number of carbonyl (C=O) groups is 2. The zero-order valence-corrected chi connectivity index (χ0v) is 24.0. The molecule has 3 rings (SSSR count). The molecule has 0 heterocycles. The maximum atomic E-state index is 13.8. The minimum absolute atomic E-state index is 0.0116. The first-order valence-corrected chi connectivity index (χ1v) is 14.4. The van der Waals surface area contributed by atoms with E-state index >= 15 is 0 Å². The summed E-state index contributed by atoms with van der Waals surface area (Å²) in [5, 5.41) is 3.82. The number of likely N-dealkylation sites (N-methyl/N-ethyl adjacent to an activating group) is 2. The Bertz CT molecular complexity index is 1350. The van der Waals surface area contributed by atoms with Crippen molar-refractivity contribution in [3.8, 4) is 0 Å². The topological polar surface area (TPSA) is 86.8 Å². The molecule has 0 aliphatic heterocycles. The largest absolute Gasteiger partial charge is 0.355 e. The third-order valence-corrected chi connectivity index (χ3v) is 8.67. The molecular formula is C27H28Cl3N3O4S. The van der Waals surface area contributed by atoms with Gasteiger partial charge in [0, 0.05) is 47.2 Å². The summed E-state index contributed by atoms with van der Waals surface area (Å²) in [4.78, 5) is 28.4. The number of halogens is 3. The Kier molecular flexibility index (Phi) is 10.6. The van der Waals surface area contributed by atoms with E-state index in [-0.39, 0.29) is 23.8 Å². The van der Waals surface area contributed by atoms with E-state index < -0.39 is 28.5 Å². The van der Waals surface area contributed by atoms with Gasteiger partial charge in [-0.1, -0.05) is 71.2 Å². The van der Waals surface area contributed by atoms with Crippen LogP contribution in [0.25, 0.3) is 0 Å². The van der Waals surface area contributed by atoms with Crippen LogP contribution in [0.1, 0.15) is 18.1 Å². The zero-order valence-electron chi connectivity index (χ0n) is 20.9. The van der Waals surface area contributed by atoms with Crippen LogP contribution in [0.4, 0.5) is 0 Å². The van der Waals surface area contributed by atoms with Crippen molar-refractivity contribution in [2.75, 3.05) is 20.1 Å². The molecule has 11 heteroatoms. The molecule has 0 radical (unpaired) electrons. The standard InChI is InChI=1S/C27H28Cl3N3O4S/c1-3-31-27(35)25(16-19-8-5-4-6-9-19)33(17-22-23(29)10-7-11-24(22)30)26(34)18-32(2)38(36,37)21-14-12-20(28)13-15-21/h4-15,25H,3,16-18H2,1-2H3,(H,31,35). The van der Waals surface area contributed by atoms with E-state index in [0.717, 1.165) is 9.87 Å². The van der Waals surface area contributed by atoms with Crippen molar-refractivity contribution in [1.29, 1.82) is 0 Å². The van der Waals surface area contributed by atoms with E-state index in [9.17, 15) is 18.0 Å². The van der Waals surface area contributed by atoms with Crippen molar-refractivity contribution < 1.29 is 18.0 Å². The van der Waals surface area contributed by atoms with Crippen LogP contribution in [0.3, 0.4) is 0 Å². The van der Waals surface area contributed by atoms with Gasteiger partial charge >= 0.3 is 0 Å². The monoisotopic (exact) mass is 595 g/mol. The number of amides is 2. The number of benzene rings is 3. The highest BCUT2D eigenvalue weighted by Gasteiger charge is 2.33. The summed E-state index contributed by atoms with van der Waals surface area (Å²) in [5.74, 6) is -0.968. The summed E-state index contributed by atoms with van der Waals surface area (Å²) >= 11 is 18.7. The molecule has 3 aromatic carbocycles. The number of nitrogens with zero attached hydrogens (tertiary/aromatic N) is 2. The fourth-order valence-electron chi connectivity index (χ4n) is 3.85. The molecule has 7 nitrogen and oxygen atoms in total. The molecule has 1 unspecified atom stereocenters. The van der Waals surface area contributed by atoms with Crippen LogP contribution in [-0.4, -0.2) is 55.6 Å². The lowest BCUT2D eigenvalue weighted by Gasteiger charge is -2.33. The average Bonchev–Trinajstić information content (AvgIpc) is 2.88. The normalized spacial score (nSPS) is 12.3. The van der Waals surface area contributed by atoms with Crippen LogP contribution < -0.4 is 5.32 Å². The Morgan fingerprint density at radius 1 is 0.895 bits per heavy atom. The molecule has 202 valence electrons. The van der Waals surface area contributed by atoms with Gasteiger partial charge in [0.25, 0.3) is 0 Å². The summed E-state index contributed by atoms with van der Waals surface area (Å²) in [6, 6.07) is 18.9. The molecule has 1 N–H and O–H groups in total. The molecule has 1 atom stereocenters. The molecule has 0 aliphatic carbocycles. The lowest BCUT2D eigenvalue weighted by Crippen LogP contribution is -2.53. The first kappa shape index (κ1) is 29.9. The molecular weight excluding hydrogens is 569 g/mol. The van der Waals surface area contributed by atoms with Crippen molar-refractivity contribution in [2.24, 2.45) is 0 Å². The second-order valence-corrected chi connectivity index (χ2v) is 11.8. The lowest BCUT2D eigenvalue weighted by molar-refractivity contribution is -0.141. The number of nitrogens with one attached hydrogen (secondary N) is 1. The predicted octanol–water partition coefficient (Wildman–Crippen LogP) is 5.04. The molecule has 0 aromatic heterocycles. The van der Waals surface area contributed by atoms with Gasteiger partial charge in [0.15, 0.2) is 0 Å². The van der Waals surface area contributed by atoms with Gasteiger partial charge < -0.3 is 10.2 Å². The molecule has 0 bridgehead atoms. The molecule has 0 aliphatic rings. The van der Waals surface area contributed by atoms with E-state index in [1.165, 1.54) is 36.2 Å². The highest BCUT2D eigenvalue weighted by atomic mass is 35.5. The summed E-state index contributed by atoms with van der Waals surface area (Å²) < 4.78 is 27.3. The van der Waals surface area contributed by atoms with Crippen LogP contribution in [-0.2, 0) is 32.6 Å². The molecule has 38 heavy (non-hydrogen) atoms. The van der Waals surface area contributed by atoms with Crippen molar-refractivity contribution >= 4 is 56.6 Å². The molecule has 3 aromatic rings. The summed E-state index contributed by atoms with van der Waals surface area (Å²) in [7, 11) is -2.71. The van der Waals surface area contributed by atoms with Crippen molar-refractivity contribution in [1.82, 2.24) is 14.5 Å². The lowest BCUT2D eigenvalue weighted by atomic mass is 10.0. The maximum Gasteiger partial charge on any atom is 0.243 e. The van der Waals surface area contributed by atoms with Crippen molar-refractivity contribution in [3.05, 3.63) is 99.0 Å². The zero-order chi connectivity index (χ0) is 27.9. The Morgan fingerprint density at radius 2 is 1.50 bits per heavy atom. The second-order valence-electron chi connectivity index (χ2n) is 8.54. The fraction of sp³-hybridized carbons (Fsp3) is 0.259. The van der Waals surface area contributed by atoms with Crippen LogP contribution in [0.5, 0.6) is 0 Å². The number of rotatable bonds is 11. The van der Waals surface area contributed by atoms with E-state index in [0.29, 0.717) is 27.2 Å². The van der Waals surface area contributed by atoms with Gasteiger partial charge in [0.05, 0.1) is 11.4 Å². The summed E-state index contributed by atoms with van der Waals surface area (Å²) in [5.41, 5.74) is 1.28. The van der Waals surface area contributed by atoms with E-state index in [1.54, 1.807) is 25.1 Å². The summed E-state index contributed by atoms with van der Waals surface area (Å²) in [6.45, 7) is 1.52. The predicted molar refractivity (Wildman–Crippen MR) is 151 cm³/mol. The Labute approximate surface area is 238 Å². The average molecular weight is 597 g/mol. The Morgan fingerprint density at radius 3 is 2.08 bits per heavy atom. The minimum Gasteiger partial charge on any atom is -0.355 e. The van der Waals surface area contributed by atoms with Crippen molar-refractivity contribution in [3.63, 3.8) is 0 Å². The smallest absolute Gasteiger partial charge is 0.243 e. The molecule has 2 amide bonds. The van der Waals surface area contributed by atoms with Crippen LogP contribution >= 0.6 is 34.8 Å². The molecule has 0 saturated heterocycles. The van der Waals surface area contributed by atoms with Crippen LogP contribution in [0.15, 0.2) is 77.7 Å². The maximum absolute atomic E-state index is 13.8. The number of sulfonamides is 1. The molecule has 0 saturated carbocycles. The third kappa shape index (κ3) is 7.48. The number of carbonyl (C=O) groups excluding carboxylic acids is 2. The fourth-order valence-corrected chi connectivity index (χ4v) is 5.62. The first-order chi connectivity index (χ1) is 18.0. The van der Waals surface area contributed by atoms with E-state index in [2.05, 4.69) is 5.32 Å². The molecule has 0 fully saturated rings. The quantitative estimate of drug-likeness (QED) is 0.336. The minimum atomic E-state index is -4.01. The van der Waals surface area contributed by atoms with Gasteiger partial charge in [-0.2, -0.15) is 4.31 Å².